The number of hydrogen-bond donors (Lipinski definition) is 2. The van der Waals surface area contributed by atoms with E-state index in [-0.39, 0.29) is 11.2 Å². The normalized spacial score (nSPS) is 29.6. The Hall–Kier alpha value is -0.220. The standard InChI is InChI=1S/C10H20N2OS/c1-7-9(5-4-6-11-7)12-10(13)8(2)14-3/h7-9,11H,4-6H2,1-3H3,(H,12,13). The first-order valence-corrected chi connectivity index (χ1v) is 6.50. The van der Waals surface area contributed by atoms with Crippen LogP contribution in [0.15, 0.2) is 0 Å². The molecule has 3 unspecified atom stereocenters. The summed E-state index contributed by atoms with van der Waals surface area (Å²) >= 11 is 1.59. The number of carbonyl (C=O) groups is 1. The van der Waals surface area contributed by atoms with Gasteiger partial charge in [0.1, 0.15) is 0 Å². The third-order valence-electron chi connectivity index (χ3n) is 2.81. The van der Waals surface area contributed by atoms with Crippen LogP contribution in [0.4, 0.5) is 0 Å². The Bertz CT molecular complexity index is 199. The highest BCUT2D eigenvalue weighted by atomic mass is 32.2. The minimum atomic E-state index is 0.0594. The van der Waals surface area contributed by atoms with Crippen molar-refractivity contribution in [3.63, 3.8) is 0 Å². The fourth-order valence-electron chi connectivity index (χ4n) is 1.65. The van der Waals surface area contributed by atoms with Gasteiger partial charge in [0, 0.05) is 12.1 Å². The van der Waals surface area contributed by atoms with Crippen molar-refractivity contribution in [3.05, 3.63) is 0 Å². The van der Waals surface area contributed by atoms with Crippen LogP contribution in [0.5, 0.6) is 0 Å². The van der Waals surface area contributed by atoms with Gasteiger partial charge in [0.15, 0.2) is 0 Å². The Balaban J connectivity index is 2.38. The third kappa shape index (κ3) is 3.17. The molecule has 0 radical (unpaired) electrons. The van der Waals surface area contributed by atoms with E-state index in [0.717, 1.165) is 19.4 Å². The molecule has 1 rings (SSSR count). The van der Waals surface area contributed by atoms with Gasteiger partial charge in [-0.25, -0.2) is 0 Å². The molecule has 0 saturated carbocycles. The number of nitrogens with one attached hydrogen (secondary N) is 2. The van der Waals surface area contributed by atoms with E-state index in [1.165, 1.54) is 0 Å². The van der Waals surface area contributed by atoms with Crippen LogP contribution in [0.1, 0.15) is 26.7 Å². The number of hydrogen-bond acceptors (Lipinski definition) is 3. The average Bonchev–Trinajstić information content (AvgIpc) is 2.20. The molecule has 14 heavy (non-hydrogen) atoms. The van der Waals surface area contributed by atoms with Gasteiger partial charge in [0.05, 0.1) is 5.25 Å². The Labute approximate surface area is 90.4 Å². The first-order chi connectivity index (χ1) is 6.65. The predicted molar refractivity (Wildman–Crippen MR) is 61.6 cm³/mol. The SMILES string of the molecule is CSC(C)C(=O)NC1CCCNC1C. The van der Waals surface area contributed by atoms with E-state index in [2.05, 4.69) is 17.6 Å². The van der Waals surface area contributed by atoms with Crippen molar-refractivity contribution in [1.29, 1.82) is 0 Å². The maximum Gasteiger partial charge on any atom is 0.233 e. The van der Waals surface area contributed by atoms with Gasteiger partial charge in [0.25, 0.3) is 0 Å². The summed E-state index contributed by atoms with van der Waals surface area (Å²) in [4.78, 5) is 11.6. The second kappa shape index (κ2) is 5.61. The van der Waals surface area contributed by atoms with Crippen molar-refractivity contribution in [3.8, 4) is 0 Å². The molecule has 3 atom stereocenters. The molecule has 0 aliphatic carbocycles. The van der Waals surface area contributed by atoms with Crippen LogP contribution in [0.2, 0.25) is 0 Å². The molecule has 0 aromatic rings. The van der Waals surface area contributed by atoms with E-state index in [9.17, 15) is 4.79 Å². The van der Waals surface area contributed by atoms with Gasteiger partial charge in [-0.15, -0.1) is 0 Å². The fraction of sp³-hybridized carbons (Fsp3) is 0.900. The van der Waals surface area contributed by atoms with Gasteiger partial charge in [-0.3, -0.25) is 4.79 Å². The lowest BCUT2D eigenvalue weighted by molar-refractivity contribution is -0.121. The molecule has 0 aromatic carbocycles. The van der Waals surface area contributed by atoms with Crippen LogP contribution in [0.3, 0.4) is 0 Å². The average molecular weight is 216 g/mol. The lowest BCUT2D eigenvalue weighted by Crippen LogP contribution is -2.53. The summed E-state index contributed by atoms with van der Waals surface area (Å²) < 4.78 is 0. The zero-order valence-corrected chi connectivity index (χ0v) is 9.99. The summed E-state index contributed by atoms with van der Waals surface area (Å²) in [5.41, 5.74) is 0. The molecule has 0 bridgehead atoms. The minimum Gasteiger partial charge on any atom is -0.351 e. The molecule has 1 heterocycles. The van der Waals surface area contributed by atoms with E-state index < -0.39 is 0 Å². The van der Waals surface area contributed by atoms with Crippen LogP contribution in [0.25, 0.3) is 0 Å². The molecular formula is C10H20N2OS. The van der Waals surface area contributed by atoms with Gasteiger partial charge < -0.3 is 10.6 Å². The summed E-state index contributed by atoms with van der Waals surface area (Å²) in [6.07, 6.45) is 4.22. The minimum absolute atomic E-state index is 0.0594. The predicted octanol–water partition coefficient (Wildman–Crippen LogP) is 0.995. The van der Waals surface area contributed by atoms with Crippen LogP contribution in [0, 0.1) is 0 Å². The van der Waals surface area contributed by atoms with Crippen molar-refractivity contribution in [2.45, 2.75) is 44.0 Å². The van der Waals surface area contributed by atoms with E-state index in [1.54, 1.807) is 11.8 Å². The monoisotopic (exact) mass is 216 g/mol. The number of rotatable bonds is 3. The molecule has 1 aliphatic rings. The smallest absolute Gasteiger partial charge is 0.233 e. The quantitative estimate of drug-likeness (QED) is 0.739. The molecule has 4 heteroatoms. The topological polar surface area (TPSA) is 41.1 Å². The molecular weight excluding hydrogens is 196 g/mol. The highest BCUT2D eigenvalue weighted by molar-refractivity contribution is 7.99. The molecule has 1 amide bonds. The lowest BCUT2D eigenvalue weighted by Gasteiger charge is -2.31. The Morgan fingerprint density at radius 1 is 1.64 bits per heavy atom. The van der Waals surface area contributed by atoms with Gasteiger partial charge in [-0.05, 0) is 39.5 Å². The zero-order valence-electron chi connectivity index (χ0n) is 9.17. The van der Waals surface area contributed by atoms with Gasteiger partial charge >= 0.3 is 0 Å². The maximum absolute atomic E-state index is 11.6. The second-order valence-corrected chi connectivity index (χ2v) is 5.06. The Kier molecular flexibility index (Phi) is 4.75. The van der Waals surface area contributed by atoms with Gasteiger partial charge in [0.2, 0.25) is 5.91 Å². The van der Waals surface area contributed by atoms with Crippen LogP contribution in [-0.4, -0.2) is 36.0 Å². The highest BCUT2D eigenvalue weighted by Gasteiger charge is 2.23. The van der Waals surface area contributed by atoms with Crippen molar-refractivity contribution in [1.82, 2.24) is 10.6 Å². The molecule has 1 fully saturated rings. The van der Waals surface area contributed by atoms with E-state index in [1.807, 2.05) is 13.2 Å². The van der Waals surface area contributed by atoms with E-state index >= 15 is 0 Å². The Morgan fingerprint density at radius 2 is 2.36 bits per heavy atom. The number of amides is 1. The van der Waals surface area contributed by atoms with E-state index in [4.69, 9.17) is 0 Å². The molecule has 1 aliphatic heterocycles. The van der Waals surface area contributed by atoms with E-state index in [0.29, 0.717) is 12.1 Å². The van der Waals surface area contributed by atoms with Crippen molar-refractivity contribution in [2.75, 3.05) is 12.8 Å². The number of thioether (sulfide) groups is 1. The molecule has 3 nitrogen and oxygen atoms in total. The summed E-state index contributed by atoms with van der Waals surface area (Å²) in [7, 11) is 0. The van der Waals surface area contributed by atoms with Gasteiger partial charge in [-0.1, -0.05) is 0 Å². The molecule has 0 spiro atoms. The lowest BCUT2D eigenvalue weighted by atomic mass is 10.00. The fourth-order valence-corrected chi connectivity index (χ4v) is 1.93. The Morgan fingerprint density at radius 3 is 2.93 bits per heavy atom. The van der Waals surface area contributed by atoms with Crippen molar-refractivity contribution < 1.29 is 4.79 Å². The molecule has 1 saturated heterocycles. The molecule has 2 N–H and O–H groups in total. The zero-order chi connectivity index (χ0) is 10.6. The van der Waals surface area contributed by atoms with Crippen molar-refractivity contribution in [2.24, 2.45) is 0 Å². The largest absolute Gasteiger partial charge is 0.351 e. The van der Waals surface area contributed by atoms with Gasteiger partial charge in [-0.2, -0.15) is 11.8 Å². The summed E-state index contributed by atoms with van der Waals surface area (Å²) in [6, 6.07) is 0.715. The van der Waals surface area contributed by atoms with Crippen molar-refractivity contribution >= 4 is 17.7 Å². The van der Waals surface area contributed by atoms with Crippen LogP contribution >= 0.6 is 11.8 Å². The van der Waals surface area contributed by atoms with Crippen LogP contribution < -0.4 is 10.6 Å². The maximum atomic E-state index is 11.6. The first kappa shape index (κ1) is 11.9. The highest BCUT2D eigenvalue weighted by Crippen LogP contribution is 2.10. The third-order valence-corrected chi connectivity index (χ3v) is 3.73. The molecule has 82 valence electrons. The summed E-state index contributed by atoms with van der Waals surface area (Å²) in [5, 5.41) is 6.53. The second-order valence-electron chi connectivity index (χ2n) is 3.88. The number of piperidine rings is 1. The first-order valence-electron chi connectivity index (χ1n) is 5.21. The summed E-state index contributed by atoms with van der Waals surface area (Å²) in [5.74, 6) is 0.165. The van der Waals surface area contributed by atoms with Crippen LogP contribution in [-0.2, 0) is 4.79 Å². The number of carbonyl (C=O) groups excluding carboxylic acids is 1. The summed E-state index contributed by atoms with van der Waals surface area (Å²) in [6.45, 7) is 5.15. The molecule has 0 aromatic heterocycles.